The van der Waals surface area contributed by atoms with Crippen LogP contribution in [0.25, 0.3) is 0 Å². The lowest BCUT2D eigenvalue weighted by atomic mass is 10.1. The van der Waals surface area contributed by atoms with Gasteiger partial charge in [0, 0.05) is 16.3 Å². The van der Waals surface area contributed by atoms with Crippen LogP contribution < -0.4 is 4.72 Å². The third kappa shape index (κ3) is 5.36. The number of carbonyl (C=O) groups is 2. The van der Waals surface area contributed by atoms with Crippen molar-refractivity contribution in [1.29, 1.82) is 0 Å². The maximum Gasteiger partial charge on any atom is 0.338 e. The van der Waals surface area contributed by atoms with Crippen LogP contribution in [0.3, 0.4) is 0 Å². The van der Waals surface area contributed by atoms with Gasteiger partial charge in [-0.25, -0.2) is 13.2 Å². The molecule has 150 valence electrons. The number of hydrogen-bond donors (Lipinski definition) is 1. The number of hydrogen-bond acceptors (Lipinski definition) is 6. The summed E-state index contributed by atoms with van der Waals surface area (Å²) in [6.45, 7) is -0.493. The first-order valence-corrected chi connectivity index (χ1v) is 11.2. The Hall–Kier alpha value is -2.39. The van der Waals surface area contributed by atoms with Crippen molar-refractivity contribution in [2.24, 2.45) is 0 Å². The largest absolute Gasteiger partial charge is 0.454 e. The van der Waals surface area contributed by atoms with Crippen LogP contribution in [0.5, 0.6) is 0 Å². The molecule has 0 radical (unpaired) electrons. The number of thiophene rings is 1. The van der Waals surface area contributed by atoms with Gasteiger partial charge in [0.05, 0.1) is 10.6 Å². The molecule has 0 atom stereocenters. The fourth-order valence-electron chi connectivity index (χ4n) is 2.30. The molecule has 0 bridgehead atoms. The minimum atomic E-state index is -3.68. The van der Waals surface area contributed by atoms with Gasteiger partial charge in [-0.1, -0.05) is 29.3 Å². The molecule has 6 nitrogen and oxygen atoms in total. The summed E-state index contributed by atoms with van der Waals surface area (Å²) in [5.41, 5.74) is 0.653. The zero-order valence-corrected chi connectivity index (χ0v) is 17.7. The summed E-state index contributed by atoms with van der Waals surface area (Å²) in [4.78, 5) is 24.3. The highest BCUT2D eigenvalue weighted by Crippen LogP contribution is 2.22. The number of anilines is 1. The molecule has 29 heavy (non-hydrogen) atoms. The zero-order valence-electron chi connectivity index (χ0n) is 14.6. The van der Waals surface area contributed by atoms with Crippen LogP contribution in [-0.4, -0.2) is 26.8 Å². The average molecular weight is 470 g/mol. The molecule has 0 aliphatic heterocycles. The number of halogens is 2. The van der Waals surface area contributed by atoms with E-state index in [1.165, 1.54) is 48.5 Å². The molecule has 0 amide bonds. The van der Waals surface area contributed by atoms with E-state index in [4.69, 9.17) is 27.9 Å². The first kappa shape index (κ1) is 21.3. The highest BCUT2D eigenvalue weighted by molar-refractivity contribution is 7.94. The summed E-state index contributed by atoms with van der Waals surface area (Å²) in [5, 5.41) is 2.21. The lowest BCUT2D eigenvalue weighted by molar-refractivity contribution is 0.0475. The summed E-state index contributed by atoms with van der Waals surface area (Å²) in [7, 11) is -3.68. The fourth-order valence-corrected chi connectivity index (χ4v) is 4.87. The molecule has 0 aliphatic carbocycles. The van der Waals surface area contributed by atoms with Crippen LogP contribution in [0.15, 0.2) is 64.2 Å². The minimum absolute atomic E-state index is 0.166. The number of benzene rings is 2. The molecular formula is C19H13Cl2NO5S2. The van der Waals surface area contributed by atoms with Crippen molar-refractivity contribution >= 4 is 62.0 Å². The number of nitrogens with one attached hydrogen (secondary N) is 1. The summed E-state index contributed by atoms with van der Waals surface area (Å²) >= 11 is 12.8. The molecule has 0 saturated carbocycles. The van der Waals surface area contributed by atoms with E-state index >= 15 is 0 Å². The number of ether oxygens (including phenoxy) is 1. The summed E-state index contributed by atoms with van der Waals surface area (Å²) in [6.07, 6.45) is 0. The van der Waals surface area contributed by atoms with Gasteiger partial charge in [0.25, 0.3) is 10.0 Å². The predicted octanol–water partition coefficient (Wildman–Crippen LogP) is 4.90. The standard InChI is InChI=1S/C19H13Cl2NO5S2/c20-13-5-8-15(16(21)10-13)17(23)11-27-19(24)12-3-6-14(7-4-12)22-29(25,26)18-2-1-9-28-18/h1-10,22H,11H2. The number of Topliss-reactive ketones (excluding diaryl/α,β-unsaturated/α-hetero) is 1. The number of rotatable bonds is 7. The first-order chi connectivity index (χ1) is 13.8. The summed E-state index contributed by atoms with van der Waals surface area (Å²) < 4.78 is 32.0. The Bertz CT molecular complexity index is 1140. The van der Waals surface area contributed by atoms with E-state index in [9.17, 15) is 18.0 Å². The Morgan fingerprint density at radius 1 is 1.03 bits per heavy atom. The van der Waals surface area contributed by atoms with E-state index in [1.54, 1.807) is 11.4 Å². The lowest BCUT2D eigenvalue weighted by Gasteiger charge is -2.08. The van der Waals surface area contributed by atoms with E-state index < -0.39 is 28.4 Å². The number of ketones is 1. The predicted molar refractivity (Wildman–Crippen MR) is 113 cm³/mol. The Morgan fingerprint density at radius 2 is 1.76 bits per heavy atom. The van der Waals surface area contributed by atoms with Crippen LogP contribution in [-0.2, 0) is 14.8 Å². The molecule has 1 N–H and O–H groups in total. The van der Waals surface area contributed by atoms with E-state index in [2.05, 4.69) is 4.72 Å². The molecule has 1 aromatic heterocycles. The van der Waals surface area contributed by atoms with E-state index in [-0.39, 0.29) is 20.4 Å². The second kappa shape index (κ2) is 8.96. The first-order valence-electron chi connectivity index (χ1n) is 8.08. The molecule has 3 aromatic rings. The maximum atomic E-state index is 12.2. The van der Waals surface area contributed by atoms with Gasteiger partial charge in [-0.05, 0) is 53.9 Å². The molecule has 3 rings (SSSR count). The Balaban J connectivity index is 1.61. The van der Waals surface area contributed by atoms with Crippen LogP contribution in [0.2, 0.25) is 10.0 Å². The Labute approximate surface area is 181 Å². The van der Waals surface area contributed by atoms with Gasteiger partial charge in [0.15, 0.2) is 6.61 Å². The minimum Gasteiger partial charge on any atom is -0.454 e. The highest BCUT2D eigenvalue weighted by Gasteiger charge is 2.17. The average Bonchev–Trinajstić information content (AvgIpc) is 3.22. The van der Waals surface area contributed by atoms with Crippen LogP contribution in [0, 0.1) is 0 Å². The third-order valence-electron chi connectivity index (χ3n) is 3.70. The Morgan fingerprint density at radius 3 is 2.38 bits per heavy atom. The topological polar surface area (TPSA) is 89.5 Å². The van der Waals surface area contributed by atoms with Gasteiger partial charge in [-0.3, -0.25) is 9.52 Å². The van der Waals surface area contributed by atoms with E-state index in [0.717, 1.165) is 11.3 Å². The van der Waals surface area contributed by atoms with Crippen molar-refractivity contribution in [2.45, 2.75) is 4.21 Å². The van der Waals surface area contributed by atoms with E-state index in [0.29, 0.717) is 10.7 Å². The van der Waals surface area contributed by atoms with Crippen LogP contribution >= 0.6 is 34.5 Å². The van der Waals surface area contributed by atoms with E-state index in [1.807, 2.05) is 0 Å². The van der Waals surface area contributed by atoms with Crippen molar-refractivity contribution in [1.82, 2.24) is 0 Å². The van der Waals surface area contributed by atoms with Gasteiger partial charge in [-0.15, -0.1) is 11.3 Å². The van der Waals surface area contributed by atoms with Crippen molar-refractivity contribution < 1.29 is 22.7 Å². The van der Waals surface area contributed by atoms with Gasteiger partial charge < -0.3 is 4.74 Å². The molecule has 0 spiro atoms. The third-order valence-corrected chi connectivity index (χ3v) is 7.03. The molecule has 10 heteroatoms. The SMILES string of the molecule is O=C(OCC(=O)c1ccc(Cl)cc1Cl)c1ccc(NS(=O)(=O)c2cccs2)cc1. The Kier molecular flexibility index (Phi) is 6.59. The highest BCUT2D eigenvalue weighted by atomic mass is 35.5. The van der Waals surface area contributed by atoms with Crippen LogP contribution in [0.4, 0.5) is 5.69 Å². The molecule has 2 aromatic carbocycles. The molecule has 1 heterocycles. The molecule has 0 aliphatic rings. The van der Waals surface area contributed by atoms with Crippen LogP contribution in [0.1, 0.15) is 20.7 Å². The van der Waals surface area contributed by atoms with Crippen molar-refractivity contribution in [3.05, 3.63) is 81.1 Å². The number of esters is 1. The smallest absolute Gasteiger partial charge is 0.338 e. The fraction of sp³-hybridized carbons (Fsp3) is 0.0526. The maximum absolute atomic E-state index is 12.2. The quantitative estimate of drug-likeness (QED) is 0.392. The molecule has 0 unspecified atom stereocenters. The second-order valence-corrected chi connectivity index (χ2v) is 9.44. The molecule has 0 fully saturated rings. The van der Waals surface area contributed by atoms with Crippen molar-refractivity contribution in [3.63, 3.8) is 0 Å². The van der Waals surface area contributed by atoms with Gasteiger partial charge in [0.1, 0.15) is 4.21 Å². The molecule has 0 saturated heterocycles. The normalized spacial score (nSPS) is 11.1. The van der Waals surface area contributed by atoms with Crippen molar-refractivity contribution in [3.8, 4) is 0 Å². The molecular weight excluding hydrogens is 457 g/mol. The van der Waals surface area contributed by atoms with Gasteiger partial charge >= 0.3 is 5.97 Å². The van der Waals surface area contributed by atoms with Gasteiger partial charge in [0.2, 0.25) is 5.78 Å². The van der Waals surface area contributed by atoms with Crippen molar-refractivity contribution in [2.75, 3.05) is 11.3 Å². The second-order valence-electron chi connectivity index (χ2n) is 5.74. The summed E-state index contributed by atoms with van der Waals surface area (Å²) in [5.74, 6) is -1.20. The monoisotopic (exact) mass is 469 g/mol. The number of carbonyl (C=O) groups excluding carboxylic acids is 2. The van der Waals surface area contributed by atoms with Gasteiger partial charge in [-0.2, -0.15) is 0 Å². The summed E-state index contributed by atoms with van der Waals surface area (Å²) in [6, 6.07) is 13.2. The zero-order chi connectivity index (χ0) is 21.0. The lowest BCUT2D eigenvalue weighted by Crippen LogP contribution is -2.15. The number of sulfonamides is 1.